The van der Waals surface area contributed by atoms with E-state index in [1.54, 1.807) is 48.5 Å². The molecular formula is C20H21ClN2O5. The average Bonchev–Trinajstić information content (AvgIpc) is 2.68. The molecule has 0 spiro atoms. The summed E-state index contributed by atoms with van der Waals surface area (Å²) >= 11 is 5.95. The van der Waals surface area contributed by atoms with Crippen LogP contribution in [0.15, 0.2) is 48.5 Å². The number of carbonyl (C=O) groups excluding carboxylic acids is 3. The number of nitrogens with one attached hydrogen (secondary N) is 2. The molecule has 2 N–H and O–H groups in total. The molecule has 2 aromatic carbocycles. The fourth-order valence-corrected chi connectivity index (χ4v) is 2.39. The van der Waals surface area contributed by atoms with Gasteiger partial charge >= 0.3 is 5.97 Å². The Kier molecular flexibility index (Phi) is 8.30. The van der Waals surface area contributed by atoms with Gasteiger partial charge in [-0.1, -0.05) is 23.7 Å². The maximum absolute atomic E-state index is 11.9. The van der Waals surface area contributed by atoms with Gasteiger partial charge in [-0.15, -0.1) is 0 Å². The molecule has 0 aliphatic heterocycles. The molecular weight excluding hydrogens is 384 g/mol. The third kappa shape index (κ3) is 7.28. The smallest absolute Gasteiger partial charge is 0.306 e. The lowest BCUT2D eigenvalue weighted by atomic mass is 10.2. The predicted molar refractivity (Wildman–Crippen MR) is 107 cm³/mol. The van der Waals surface area contributed by atoms with E-state index in [2.05, 4.69) is 10.6 Å². The van der Waals surface area contributed by atoms with Crippen LogP contribution >= 0.6 is 11.6 Å². The highest BCUT2D eigenvalue weighted by Crippen LogP contribution is 2.20. The van der Waals surface area contributed by atoms with Gasteiger partial charge in [0.2, 0.25) is 5.91 Å². The molecule has 0 aliphatic rings. The summed E-state index contributed by atoms with van der Waals surface area (Å²) in [5.74, 6) is -0.792. The van der Waals surface area contributed by atoms with Crippen molar-refractivity contribution >= 4 is 40.8 Å². The van der Waals surface area contributed by atoms with Crippen LogP contribution in [-0.4, -0.2) is 31.0 Å². The lowest BCUT2D eigenvalue weighted by Crippen LogP contribution is -2.21. The Labute approximate surface area is 168 Å². The molecule has 0 aliphatic carbocycles. The van der Waals surface area contributed by atoms with Crippen molar-refractivity contribution in [2.24, 2.45) is 0 Å². The number of ether oxygens (including phenoxy) is 2. The molecule has 0 unspecified atom stereocenters. The third-order valence-corrected chi connectivity index (χ3v) is 3.85. The Bertz CT molecular complexity index is 824. The number of amides is 2. The minimum atomic E-state index is -0.642. The summed E-state index contributed by atoms with van der Waals surface area (Å²) in [5, 5.41) is 5.62. The number of hydrogen-bond acceptors (Lipinski definition) is 5. The van der Waals surface area contributed by atoms with Crippen molar-refractivity contribution in [3.8, 4) is 5.75 Å². The molecule has 0 bridgehead atoms. The molecule has 0 saturated carbocycles. The van der Waals surface area contributed by atoms with E-state index in [1.165, 1.54) is 0 Å². The zero-order chi connectivity index (χ0) is 20.4. The highest BCUT2D eigenvalue weighted by molar-refractivity contribution is 6.33. The summed E-state index contributed by atoms with van der Waals surface area (Å²) in [6, 6.07) is 13.6. The number of esters is 1. The van der Waals surface area contributed by atoms with E-state index < -0.39 is 18.5 Å². The van der Waals surface area contributed by atoms with Crippen LogP contribution in [0, 0.1) is 0 Å². The van der Waals surface area contributed by atoms with Crippen molar-refractivity contribution in [1.29, 1.82) is 0 Å². The number of halogens is 1. The van der Waals surface area contributed by atoms with Crippen molar-refractivity contribution in [2.75, 3.05) is 23.8 Å². The maximum Gasteiger partial charge on any atom is 0.306 e. The molecule has 0 heterocycles. The largest absolute Gasteiger partial charge is 0.494 e. The predicted octanol–water partition coefficient (Wildman–Crippen LogP) is 3.64. The van der Waals surface area contributed by atoms with Crippen molar-refractivity contribution in [3.05, 3.63) is 53.6 Å². The van der Waals surface area contributed by atoms with Gasteiger partial charge in [-0.25, -0.2) is 0 Å². The first-order chi connectivity index (χ1) is 13.5. The maximum atomic E-state index is 11.9. The minimum Gasteiger partial charge on any atom is -0.494 e. The molecule has 0 radical (unpaired) electrons. The summed E-state index contributed by atoms with van der Waals surface area (Å²) in [7, 11) is 0. The monoisotopic (exact) mass is 404 g/mol. The van der Waals surface area contributed by atoms with E-state index >= 15 is 0 Å². The normalized spacial score (nSPS) is 10.1. The second kappa shape index (κ2) is 10.9. The van der Waals surface area contributed by atoms with E-state index in [0.29, 0.717) is 28.8 Å². The number of benzene rings is 2. The first kappa shape index (κ1) is 21.2. The molecule has 28 heavy (non-hydrogen) atoms. The quantitative estimate of drug-likeness (QED) is 0.622. The van der Waals surface area contributed by atoms with Crippen LogP contribution in [0.25, 0.3) is 0 Å². The SMILES string of the molecule is CCOc1ccc(NC(=O)COC(=O)CCC(=O)Nc2ccccc2Cl)cc1. The molecule has 7 nitrogen and oxygen atoms in total. The Morgan fingerprint density at radius 3 is 2.32 bits per heavy atom. The standard InChI is InChI=1S/C20H21ClN2O5/c1-2-27-15-9-7-14(8-10-15)22-19(25)13-28-20(26)12-11-18(24)23-17-6-4-3-5-16(17)21/h3-10H,2,11-13H2,1H3,(H,22,25)(H,23,24). The van der Waals surface area contributed by atoms with Gasteiger partial charge in [0.25, 0.3) is 5.91 Å². The number of anilines is 2. The Balaban J connectivity index is 1.68. The van der Waals surface area contributed by atoms with E-state index in [1.807, 2.05) is 6.92 Å². The Morgan fingerprint density at radius 1 is 0.929 bits per heavy atom. The zero-order valence-electron chi connectivity index (χ0n) is 15.4. The zero-order valence-corrected chi connectivity index (χ0v) is 16.1. The van der Waals surface area contributed by atoms with Crippen molar-refractivity contribution in [2.45, 2.75) is 19.8 Å². The first-order valence-electron chi connectivity index (χ1n) is 8.70. The van der Waals surface area contributed by atoms with Gasteiger partial charge in [-0.2, -0.15) is 0 Å². The highest BCUT2D eigenvalue weighted by Gasteiger charge is 2.12. The summed E-state index contributed by atoms with van der Waals surface area (Å²) < 4.78 is 10.2. The fraction of sp³-hybridized carbons (Fsp3) is 0.250. The number of rotatable bonds is 9. The van der Waals surface area contributed by atoms with E-state index in [4.69, 9.17) is 21.1 Å². The molecule has 0 saturated heterocycles. The first-order valence-corrected chi connectivity index (χ1v) is 9.08. The van der Waals surface area contributed by atoms with Gasteiger partial charge in [0.1, 0.15) is 5.75 Å². The minimum absolute atomic E-state index is 0.0788. The molecule has 2 aromatic rings. The van der Waals surface area contributed by atoms with Crippen molar-refractivity contribution < 1.29 is 23.9 Å². The summed E-state index contributed by atoms with van der Waals surface area (Å²) in [6.07, 6.45) is -0.225. The topological polar surface area (TPSA) is 93.7 Å². The second-order valence-corrected chi connectivity index (χ2v) is 6.10. The van der Waals surface area contributed by atoms with Gasteiger partial charge in [0.15, 0.2) is 6.61 Å². The van der Waals surface area contributed by atoms with E-state index in [-0.39, 0.29) is 18.7 Å². The lowest BCUT2D eigenvalue weighted by Gasteiger charge is -2.08. The van der Waals surface area contributed by atoms with E-state index in [0.717, 1.165) is 0 Å². The lowest BCUT2D eigenvalue weighted by molar-refractivity contribution is -0.147. The third-order valence-electron chi connectivity index (χ3n) is 3.52. The molecule has 2 amide bonds. The summed E-state index contributed by atoms with van der Waals surface area (Å²) in [5.41, 5.74) is 1.03. The number of carbonyl (C=O) groups is 3. The van der Waals surface area contributed by atoms with Gasteiger partial charge in [-0.3, -0.25) is 14.4 Å². The van der Waals surface area contributed by atoms with Gasteiger partial charge in [-0.05, 0) is 43.3 Å². The molecule has 0 aromatic heterocycles. The molecule has 0 atom stereocenters. The summed E-state index contributed by atoms with van der Waals surface area (Å²) in [4.78, 5) is 35.4. The Morgan fingerprint density at radius 2 is 1.64 bits per heavy atom. The van der Waals surface area contributed by atoms with Crippen molar-refractivity contribution in [1.82, 2.24) is 0 Å². The van der Waals surface area contributed by atoms with Gasteiger partial charge < -0.3 is 20.1 Å². The molecule has 0 fully saturated rings. The Hall–Kier alpha value is -3.06. The fourth-order valence-electron chi connectivity index (χ4n) is 2.21. The molecule has 2 rings (SSSR count). The van der Waals surface area contributed by atoms with Crippen LogP contribution < -0.4 is 15.4 Å². The van der Waals surface area contributed by atoms with Crippen LogP contribution in [0.5, 0.6) is 5.75 Å². The van der Waals surface area contributed by atoms with Crippen LogP contribution in [0.3, 0.4) is 0 Å². The number of hydrogen-bond donors (Lipinski definition) is 2. The van der Waals surface area contributed by atoms with Gasteiger partial charge in [0, 0.05) is 12.1 Å². The highest BCUT2D eigenvalue weighted by atomic mass is 35.5. The number of para-hydroxylation sites is 1. The van der Waals surface area contributed by atoms with Crippen LogP contribution in [0.4, 0.5) is 11.4 Å². The molecule has 8 heteroatoms. The van der Waals surface area contributed by atoms with Gasteiger partial charge in [0.05, 0.1) is 23.7 Å². The second-order valence-electron chi connectivity index (χ2n) is 5.69. The van der Waals surface area contributed by atoms with Crippen LogP contribution in [0.2, 0.25) is 5.02 Å². The van der Waals surface area contributed by atoms with Crippen LogP contribution in [0.1, 0.15) is 19.8 Å². The van der Waals surface area contributed by atoms with Crippen molar-refractivity contribution in [3.63, 3.8) is 0 Å². The van der Waals surface area contributed by atoms with Crippen LogP contribution in [-0.2, 0) is 19.1 Å². The summed E-state index contributed by atoms with van der Waals surface area (Å²) in [6.45, 7) is 2.00. The average molecular weight is 405 g/mol. The van der Waals surface area contributed by atoms with E-state index in [9.17, 15) is 14.4 Å². The molecule has 148 valence electrons.